The van der Waals surface area contributed by atoms with Gasteiger partial charge in [0.1, 0.15) is 0 Å². The van der Waals surface area contributed by atoms with Crippen molar-refractivity contribution in [1.29, 1.82) is 0 Å². The minimum Gasteiger partial charge on any atom is -0.304 e. The van der Waals surface area contributed by atoms with Crippen LogP contribution in [0.2, 0.25) is 0 Å². The highest BCUT2D eigenvalue weighted by Gasteiger charge is 2.04. The molecule has 0 spiro atoms. The molecule has 1 atom stereocenters. The summed E-state index contributed by atoms with van der Waals surface area (Å²) in [5, 5.41) is 0. The molecule has 0 aromatic carbocycles. The van der Waals surface area contributed by atoms with Crippen LogP contribution >= 0.6 is 0 Å². The molecule has 0 saturated heterocycles. The zero-order valence-electron chi connectivity index (χ0n) is 11.3. The summed E-state index contributed by atoms with van der Waals surface area (Å²) in [6.45, 7) is 14.9. The zero-order valence-corrected chi connectivity index (χ0v) is 11.3. The molecule has 0 saturated carbocycles. The fourth-order valence-corrected chi connectivity index (χ4v) is 1.74. The average molecular weight is 211 g/mol. The first-order chi connectivity index (χ1) is 7.10. The molecule has 0 bridgehead atoms. The second kappa shape index (κ2) is 8.96. The van der Waals surface area contributed by atoms with E-state index in [1.807, 2.05) is 0 Å². The van der Waals surface area contributed by atoms with Gasteiger partial charge in [0.05, 0.1) is 0 Å². The van der Waals surface area contributed by atoms with Gasteiger partial charge in [-0.1, -0.05) is 32.4 Å². The van der Waals surface area contributed by atoms with Crippen LogP contribution in [0.5, 0.6) is 0 Å². The van der Waals surface area contributed by atoms with Crippen molar-refractivity contribution in [3.05, 3.63) is 11.6 Å². The van der Waals surface area contributed by atoms with Crippen LogP contribution in [0.4, 0.5) is 0 Å². The summed E-state index contributed by atoms with van der Waals surface area (Å²) in [6, 6.07) is 0. The minimum atomic E-state index is 0.862. The van der Waals surface area contributed by atoms with Gasteiger partial charge < -0.3 is 4.90 Å². The van der Waals surface area contributed by atoms with Gasteiger partial charge in [0.2, 0.25) is 0 Å². The molecule has 15 heavy (non-hydrogen) atoms. The van der Waals surface area contributed by atoms with Gasteiger partial charge in [-0.25, -0.2) is 0 Å². The lowest BCUT2D eigenvalue weighted by atomic mass is 10.0. The molecule has 0 rings (SSSR count). The molecule has 0 amide bonds. The second-order valence-electron chi connectivity index (χ2n) is 4.78. The number of hydrogen-bond donors (Lipinski definition) is 0. The van der Waals surface area contributed by atoms with Crippen LogP contribution in [-0.4, -0.2) is 24.5 Å². The van der Waals surface area contributed by atoms with E-state index in [0.717, 1.165) is 5.92 Å². The summed E-state index contributed by atoms with van der Waals surface area (Å²) < 4.78 is 0. The monoisotopic (exact) mass is 211 g/mol. The Morgan fingerprint density at radius 2 is 1.73 bits per heavy atom. The van der Waals surface area contributed by atoms with Crippen molar-refractivity contribution in [3.63, 3.8) is 0 Å². The smallest absolute Gasteiger partial charge is 0.00164 e. The average Bonchev–Trinajstić information content (AvgIpc) is 2.18. The fourth-order valence-electron chi connectivity index (χ4n) is 1.74. The number of rotatable bonds is 8. The van der Waals surface area contributed by atoms with Gasteiger partial charge >= 0.3 is 0 Å². The van der Waals surface area contributed by atoms with Crippen LogP contribution in [0.3, 0.4) is 0 Å². The summed E-state index contributed by atoms with van der Waals surface area (Å²) in [7, 11) is 0. The topological polar surface area (TPSA) is 3.24 Å². The Balaban J connectivity index is 3.56. The Labute approximate surface area is 96.6 Å². The van der Waals surface area contributed by atoms with E-state index in [0.29, 0.717) is 0 Å². The third-order valence-electron chi connectivity index (χ3n) is 3.04. The predicted octanol–water partition coefficient (Wildman–Crippen LogP) is 4.10. The quantitative estimate of drug-likeness (QED) is 0.546. The molecule has 90 valence electrons. The first kappa shape index (κ1) is 14.7. The molecule has 1 nitrogen and oxygen atoms in total. The minimum absolute atomic E-state index is 0.862. The SMILES string of the molecule is CCN(CC)CC[C@@H](C)CCC=C(C)C. The molecule has 0 fully saturated rings. The van der Waals surface area contributed by atoms with Crippen molar-refractivity contribution in [2.45, 2.75) is 53.9 Å². The second-order valence-corrected chi connectivity index (χ2v) is 4.78. The number of nitrogens with zero attached hydrogens (tertiary/aromatic N) is 1. The summed E-state index contributed by atoms with van der Waals surface area (Å²) in [4.78, 5) is 2.51. The maximum Gasteiger partial charge on any atom is -0.00164 e. The van der Waals surface area contributed by atoms with Gasteiger partial charge in [0, 0.05) is 0 Å². The highest BCUT2D eigenvalue weighted by Crippen LogP contribution is 2.12. The van der Waals surface area contributed by atoms with E-state index in [1.165, 1.54) is 44.5 Å². The van der Waals surface area contributed by atoms with Crippen LogP contribution < -0.4 is 0 Å². The zero-order chi connectivity index (χ0) is 11.7. The molecule has 0 heterocycles. The van der Waals surface area contributed by atoms with Crippen molar-refractivity contribution in [3.8, 4) is 0 Å². The van der Waals surface area contributed by atoms with Crippen molar-refractivity contribution in [1.82, 2.24) is 4.90 Å². The van der Waals surface area contributed by atoms with Gasteiger partial charge in [0.15, 0.2) is 0 Å². The third-order valence-corrected chi connectivity index (χ3v) is 3.04. The largest absolute Gasteiger partial charge is 0.304 e. The lowest BCUT2D eigenvalue weighted by molar-refractivity contribution is 0.276. The Bertz CT molecular complexity index is 164. The van der Waals surface area contributed by atoms with Gasteiger partial charge in [-0.3, -0.25) is 0 Å². The van der Waals surface area contributed by atoms with Crippen LogP contribution in [0.15, 0.2) is 11.6 Å². The molecular formula is C14H29N. The molecule has 0 radical (unpaired) electrons. The Morgan fingerprint density at radius 1 is 1.13 bits per heavy atom. The summed E-state index contributed by atoms with van der Waals surface area (Å²) in [5.41, 5.74) is 1.45. The molecule has 1 heteroatoms. The number of allylic oxidation sites excluding steroid dienone is 2. The van der Waals surface area contributed by atoms with E-state index in [1.54, 1.807) is 0 Å². The van der Waals surface area contributed by atoms with Crippen molar-refractivity contribution in [2.75, 3.05) is 19.6 Å². The maximum absolute atomic E-state index is 2.51. The van der Waals surface area contributed by atoms with E-state index in [4.69, 9.17) is 0 Å². The van der Waals surface area contributed by atoms with Gasteiger partial charge in [-0.05, 0) is 58.7 Å². The van der Waals surface area contributed by atoms with E-state index in [9.17, 15) is 0 Å². The standard InChI is InChI=1S/C14H29N/c1-6-15(7-2)12-11-14(5)10-8-9-13(3)4/h9,14H,6-8,10-12H2,1-5H3/t14-/m0/s1. The summed E-state index contributed by atoms with van der Waals surface area (Å²) in [6.07, 6.45) is 6.29. The molecular weight excluding hydrogens is 182 g/mol. The molecule has 0 aliphatic heterocycles. The van der Waals surface area contributed by atoms with Crippen molar-refractivity contribution in [2.24, 2.45) is 5.92 Å². The molecule has 0 aromatic heterocycles. The Kier molecular flexibility index (Phi) is 8.79. The van der Waals surface area contributed by atoms with Crippen LogP contribution in [-0.2, 0) is 0 Å². The van der Waals surface area contributed by atoms with Crippen LogP contribution in [0, 0.1) is 5.92 Å². The highest BCUT2D eigenvalue weighted by atomic mass is 15.1. The fraction of sp³-hybridized carbons (Fsp3) is 0.857. The van der Waals surface area contributed by atoms with Crippen LogP contribution in [0.25, 0.3) is 0 Å². The van der Waals surface area contributed by atoms with E-state index >= 15 is 0 Å². The predicted molar refractivity (Wildman–Crippen MR) is 70.2 cm³/mol. The van der Waals surface area contributed by atoms with E-state index in [2.05, 4.69) is 45.6 Å². The first-order valence-corrected chi connectivity index (χ1v) is 6.45. The Morgan fingerprint density at radius 3 is 2.20 bits per heavy atom. The maximum atomic E-state index is 2.51. The third kappa shape index (κ3) is 8.68. The normalized spacial score (nSPS) is 12.9. The summed E-state index contributed by atoms with van der Waals surface area (Å²) in [5.74, 6) is 0.862. The van der Waals surface area contributed by atoms with Gasteiger partial charge in [-0.2, -0.15) is 0 Å². The lowest BCUT2D eigenvalue weighted by Gasteiger charge is -2.20. The molecule has 0 unspecified atom stereocenters. The van der Waals surface area contributed by atoms with Gasteiger partial charge in [0.25, 0.3) is 0 Å². The Hall–Kier alpha value is -0.300. The van der Waals surface area contributed by atoms with Crippen LogP contribution in [0.1, 0.15) is 53.9 Å². The molecule has 0 aliphatic carbocycles. The van der Waals surface area contributed by atoms with Crippen molar-refractivity contribution >= 4 is 0 Å². The van der Waals surface area contributed by atoms with E-state index in [-0.39, 0.29) is 0 Å². The van der Waals surface area contributed by atoms with Gasteiger partial charge in [-0.15, -0.1) is 0 Å². The number of hydrogen-bond acceptors (Lipinski definition) is 1. The lowest BCUT2D eigenvalue weighted by Crippen LogP contribution is -2.25. The van der Waals surface area contributed by atoms with E-state index < -0.39 is 0 Å². The summed E-state index contributed by atoms with van der Waals surface area (Å²) >= 11 is 0. The molecule has 0 N–H and O–H groups in total. The first-order valence-electron chi connectivity index (χ1n) is 6.45. The molecule has 0 aliphatic rings. The highest BCUT2D eigenvalue weighted by molar-refractivity contribution is 4.92. The molecule has 0 aromatic rings. The van der Waals surface area contributed by atoms with Crippen molar-refractivity contribution < 1.29 is 0 Å².